The standard InChI is InChI=1S/C12H6Br2N2O4/c13-9-1-7(3-11(5-9)15(17)18)8-2-10(14)6-12(4-8)16(19)20/h1-6H. The molecule has 0 aliphatic carbocycles. The van der Waals surface area contributed by atoms with Gasteiger partial charge in [0.2, 0.25) is 0 Å². The third-order valence-corrected chi connectivity index (χ3v) is 3.44. The second-order valence-electron chi connectivity index (χ2n) is 3.91. The fourth-order valence-corrected chi connectivity index (χ4v) is 2.65. The van der Waals surface area contributed by atoms with Crippen LogP contribution in [0.4, 0.5) is 11.4 Å². The molecule has 0 aliphatic heterocycles. The number of rotatable bonds is 3. The van der Waals surface area contributed by atoms with Crippen molar-refractivity contribution in [1.29, 1.82) is 0 Å². The summed E-state index contributed by atoms with van der Waals surface area (Å²) in [7, 11) is 0. The van der Waals surface area contributed by atoms with Crippen LogP contribution in [0.25, 0.3) is 11.1 Å². The predicted octanol–water partition coefficient (Wildman–Crippen LogP) is 4.70. The molecule has 2 rings (SSSR count). The molecule has 0 aromatic heterocycles. The summed E-state index contributed by atoms with van der Waals surface area (Å²) in [5.41, 5.74) is 0.875. The SMILES string of the molecule is O=[N+]([O-])c1cc(Br)cc(-c2cc(Br)cc([N+](=O)[O-])c2)c1. The van der Waals surface area contributed by atoms with Crippen LogP contribution in [0.5, 0.6) is 0 Å². The van der Waals surface area contributed by atoms with E-state index < -0.39 is 9.85 Å². The maximum Gasteiger partial charge on any atom is 0.271 e. The largest absolute Gasteiger partial charge is 0.271 e. The number of nitrogens with zero attached hydrogens (tertiary/aromatic N) is 2. The Balaban J connectivity index is 2.62. The van der Waals surface area contributed by atoms with Crippen LogP contribution in [0.1, 0.15) is 0 Å². The number of hydrogen-bond donors (Lipinski definition) is 0. The Labute approximate surface area is 130 Å². The van der Waals surface area contributed by atoms with E-state index in [1.807, 2.05) is 0 Å². The zero-order chi connectivity index (χ0) is 14.9. The van der Waals surface area contributed by atoms with Crippen molar-refractivity contribution < 1.29 is 9.85 Å². The van der Waals surface area contributed by atoms with Crippen LogP contribution in [0.2, 0.25) is 0 Å². The van der Waals surface area contributed by atoms with E-state index in [9.17, 15) is 20.2 Å². The Morgan fingerprint density at radius 3 is 1.35 bits per heavy atom. The Bertz CT molecular complexity index is 657. The lowest BCUT2D eigenvalue weighted by atomic mass is 10.0. The molecular weight excluding hydrogens is 396 g/mol. The average molecular weight is 402 g/mol. The monoisotopic (exact) mass is 400 g/mol. The molecule has 2 aromatic rings. The molecule has 0 N–H and O–H groups in total. The molecule has 0 atom stereocenters. The van der Waals surface area contributed by atoms with Gasteiger partial charge in [0.1, 0.15) is 0 Å². The highest BCUT2D eigenvalue weighted by molar-refractivity contribution is 9.10. The topological polar surface area (TPSA) is 86.3 Å². The molecule has 0 amide bonds. The first-order valence-electron chi connectivity index (χ1n) is 5.27. The molecule has 8 heteroatoms. The van der Waals surface area contributed by atoms with E-state index in [0.717, 1.165) is 0 Å². The van der Waals surface area contributed by atoms with E-state index in [-0.39, 0.29) is 11.4 Å². The Morgan fingerprint density at radius 2 is 1.05 bits per heavy atom. The Morgan fingerprint density at radius 1 is 0.700 bits per heavy atom. The highest BCUT2D eigenvalue weighted by atomic mass is 79.9. The van der Waals surface area contributed by atoms with Gasteiger partial charge in [0, 0.05) is 33.2 Å². The third-order valence-electron chi connectivity index (χ3n) is 2.52. The van der Waals surface area contributed by atoms with Crippen molar-refractivity contribution >= 4 is 43.2 Å². The molecule has 102 valence electrons. The van der Waals surface area contributed by atoms with Gasteiger partial charge in [0.15, 0.2) is 0 Å². The summed E-state index contributed by atoms with van der Waals surface area (Å²) in [6.07, 6.45) is 0. The van der Waals surface area contributed by atoms with Crippen LogP contribution >= 0.6 is 31.9 Å². The van der Waals surface area contributed by atoms with Gasteiger partial charge in [-0.1, -0.05) is 31.9 Å². The van der Waals surface area contributed by atoms with Crippen LogP contribution < -0.4 is 0 Å². The molecule has 2 aromatic carbocycles. The average Bonchev–Trinajstić information content (AvgIpc) is 2.37. The van der Waals surface area contributed by atoms with E-state index in [0.29, 0.717) is 20.1 Å². The second-order valence-corrected chi connectivity index (χ2v) is 5.74. The number of benzene rings is 2. The summed E-state index contributed by atoms with van der Waals surface area (Å²) in [5.74, 6) is 0. The van der Waals surface area contributed by atoms with E-state index in [1.54, 1.807) is 12.1 Å². The van der Waals surface area contributed by atoms with Crippen LogP contribution in [0.15, 0.2) is 45.3 Å². The van der Waals surface area contributed by atoms with Crippen LogP contribution in [-0.2, 0) is 0 Å². The number of nitro groups is 2. The minimum absolute atomic E-state index is 0.0861. The quantitative estimate of drug-likeness (QED) is 0.551. The van der Waals surface area contributed by atoms with Crippen molar-refractivity contribution in [2.45, 2.75) is 0 Å². The van der Waals surface area contributed by atoms with Crippen LogP contribution in [-0.4, -0.2) is 9.85 Å². The Kier molecular flexibility index (Phi) is 4.15. The summed E-state index contributed by atoms with van der Waals surface area (Å²) >= 11 is 6.39. The first-order chi connectivity index (χ1) is 9.36. The lowest BCUT2D eigenvalue weighted by Gasteiger charge is -2.04. The van der Waals surface area contributed by atoms with E-state index in [1.165, 1.54) is 24.3 Å². The minimum atomic E-state index is -0.513. The van der Waals surface area contributed by atoms with Crippen LogP contribution in [0, 0.1) is 20.2 Å². The molecule has 6 nitrogen and oxygen atoms in total. The number of nitro benzene ring substituents is 2. The molecule has 0 spiro atoms. The van der Waals surface area contributed by atoms with Gasteiger partial charge in [-0.05, 0) is 23.3 Å². The second kappa shape index (κ2) is 5.68. The van der Waals surface area contributed by atoms with E-state index in [4.69, 9.17) is 0 Å². The maximum atomic E-state index is 10.8. The first kappa shape index (κ1) is 14.6. The van der Waals surface area contributed by atoms with Crippen molar-refractivity contribution in [3.05, 3.63) is 65.6 Å². The number of hydrogen-bond acceptors (Lipinski definition) is 4. The molecule has 0 bridgehead atoms. The summed E-state index contributed by atoms with van der Waals surface area (Å²) < 4.78 is 1.06. The fraction of sp³-hybridized carbons (Fsp3) is 0. The normalized spacial score (nSPS) is 10.3. The van der Waals surface area contributed by atoms with Crippen molar-refractivity contribution in [3.8, 4) is 11.1 Å². The van der Waals surface area contributed by atoms with E-state index in [2.05, 4.69) is 31.9 Å². The van der Waals surface area contributed by atoms with Crippen molar-refractivity contribution in [2.75, 3.05) is 0 Å². The third kappa shape index (κ3) is 3.20. The highest BCUT2D eigenvalue weighted by Gasteiger charge is 2.14. The van der Waals surface area contributed by atoms with Gasteiger partial charge >= 0.3 is 0 Å². The summed E-state index contributed by atoms with van der Waals surface area (Å²) in [4.78, 5) is 20.7. The lowest BCUT2D eigenvalue weighted by molar-refractivity contribution is -0.385. The number of halogens is 2. The zero-order valence-electron chi connectivity index (χ0n) is 9.75. The molecule has 0 saturated carbocycles. The molecule has 0 heterocycles. The minimum Gasteiger partial charge on any atom is -0.258 e. The number of non-ortho nitro benzene ring substituents is 2. The molecule has 20 heavy (non-hydrogen) atoms. The first-order valence-corrected chi connectivity index (χ1v) is 6.86. The molecule has 0 fully saturated rings. The van der Waals surface area contributed by atoms with Crippen molar-refractivity contribution in [1.82, 2.24) is 0 Å². The van der Waals surface area contributed by atoms with Crippen LogP contribution in [0.3, 0.4) is 0 Å². The summed E-state index contributed by atoms with van der Waals surface area (Å²) in [6.45, 7) is 0. The molecule has 0 radical (unpaired) electrons. The highest BCUT2D eigenvalue weighted by Crippen LogP contribution is 2.32. The van der Waals surface area contributed by atoms with Gasteiger partial charge < -0.3 is 0 Å². The molecule has 0 aliphatic rings. The fourth-order valence-electron chi connectivity index (χ4n) is 1.69. The van der Waals surface area contributed by atoms with Crippen molar-refractivity contribution in [2.24, 2.45) is 0 Å². The predicted molar refractivity (Wildman–Crippen MR) is 80.6 cm³/mol. The van der Waals surface area contributed by atoms with Gasteiger partial charge in [0.05, 0.1) is 9.85 Å². The van der Waals surface area contributed by atoms with E-state index >= 15 is 0 Å². The molecule has 0 saturated heterocycles. The smallest absolute Gasteiger partial charge is 0.258 e. The Hall–Kier alpha value is -1.80. The van der Waals surface area contributed by atoms with Gasteiger partial charge in [-0.2, -0.15) is 0 Å². The summed E-state index contributed by atoms with van der Waals surface area (Å²) in [5, 5.41) is 21.7. The zero-order valence-corrected chi connectivity index (χ0v) is 12.9. The molecular formula is C12H6Br2N2O4. The maximum absolute atomic E-state index is 10.8. The van der Waals surface area contributed by atoms with Gasteiger partial charge in [-0.3, -0.25) is 20.2 Å². The van der Waals surface area contributed by atoms with Gasteiger partial charge in [0.25, 0.3) is 11.4 Å². The molecule has 0 unspecified atom stereocenters. The van der Waals surface area contributed by atoms with Gasteiger partial charge in [-0.25, -0.2) is 0 Å². The van der Waals surface area contributed by atoms with Crippen molar-refractivity contribution in [3.63, 3.8) is 0 Å². The lowest BCUT2D eigenvalue weighted by Crippen LogP contribution is -1.91. The van der Waals surface area contributed by atoms with Gasteiger partial charge in [-0.15, -0.1) is 0 Å². The summed E-state index contributed by atoms with van der Waals surface area (Å²) in [6, 6.07) is 8.81.